The van der Waals surface area contributed by atoms with Crippen LogP contribution >= 0.6 is 11.8 Å². The maximum absolute atomic E-state index is 12.6. The molecule has 6 rings (SSSR count). The molecule has 1 spiro atoms. The van der Waals surface area contributed by atoms with Gasteiger partial charge in [-0.05, 0) is 81.8 Å². The number of likely N-dealkylation sites (tertiary alicyclic amines) is 1. The van der Waals surface area contributed by atoms with E-state index in [-0.39, 0.29) is 29.2 Å². The molecule has 9 heteroatoms. The molecule has 4 fully saturated rings. The average Bonchev–Trinajstić information content (AvgIpc) is 3.40. The zero-order valence-electron chi connectivity index (χ0n) is 24.7. The highest BCUT2D eigenvalue weighted by Gasteiger charge is 2.50. The van der Waals surface area contributed by atoms with E-state index in [2.05, 4.69) is 77.0 Å². The SMILES string of the molecule is C=CC(=O)N1CCN(C2NC(OCC3CCCN3C)NC3C[C@@]4(CCC32)Cc2c(C)cccc2CS4)CC1CC#N. The van der Waals surface area contributed by atoms with E-state index in [1.807, 2.05) is 4.90 Å². The number of nitrogens with zero attached hydrogens (tertiary/aromatic N) is 4. The van der Waals surface area contributed by atoms with Gasteiger partial charge in [-0.2, -0.15) is 5.26 Å². The minimum Gasteiger partial charge on any atom is -0.348 e. The quantitative estimate of drug-likeness (QED) is 0.498. The van der Waals surface area contributed by atoms with Gasteiger partial charge in [0.1, 0.15) is 0 Å². The van der Waals surface area contributed by atoms with Crippen LogP contribution in [0.25, 0.3) is 0 Å². The van der Waals surface area contributed by atoms with Crippen LogP contribution in [0, 0.1) is 24.2 Å². The summed E-state index contributed by atoms with van der Waals surface area (Å²) < 4.78 is 6.84. The maximum Gasteiger partial charge on any atom is 0.246 e. The number of likely N-dealkylation sites (N-methyl/N-ethyl adjacent to an activating group) is 1. The Hall–Kier alpha value is -1.93. The van der Waals surface area contributed by atoms with Crippen molar-refractivity contribution >= 4 is 17.7 Å². The maximum atomic E-state index is 12.6. The smallest absolute Gasteiger partial charge is 0.246 e. The van der Waals surface area contributed by atoms with Crippen LogP contribution in [0.4, 0.5) is 0 Å². The number of benzene rings is 1. The van der Waals surface area contributed by atoms with Crippen LogP contribution in [0.3, 0.4) is 0 Å². The summed E-state index contributed by atoms with van der Waals surface area (Å²) in [6, 6.07) is 9.80. The number of hydrogen-bond acceptors (Lipinski definition) is 8. The summed E-state index contributed by atoms with van der Waals surface area (Å²) in [5, 5.41) is 17.3. The molecule has 2 N–H and O–H groups in total. The van der Waals surface area contributed by atoms with Crippen LogP contribution in [-0.2, 0) is 21.7 Å². The number of nitriles is 1. The van der Waals surface area contributed by atoms with Crippen molar-refractivity contribution in [1.82, 2.24) is 25.3 Å². The predicted molar refractivity (Wildman–Crippen MR) is 163 cm³/mol. The molecule has 6 unspecified atom stereocenters. The Kier molecular flexibility index (Phi) is 8.79. The van der Waals surface area contributed by atoms with Crippen molar-refractivity contribution in [2.75, 3.05) is 39.8 Å². The number of fused-ring (bicyclic) bond motifs is 2. The highest BCUT2D eigenvalue weighted by molar-refractivity contribution is 8.00. The van der Waals surface area contributed by atoms with Gasteiger partial charge in [0, 0.05) is 48.1 Å². The van der Waals surface area contributed by atoms with Crippen molar-refractivity contribution in [3.05, 3.63) is 47.5 Å². The normalized spacial score (nSPS) is 36.0. The number of ether oxygens (including phenoxy) is 1. The largest absolute Gasteiger partial charge is 0.348 e. The van der Waals surface area contributed by atoms with Crippen LogP contribution in [0.15, 0.2) is 30.9 Å². The number of thioether (sulfide) groups is 1. The second-order valence-corrected chi connectivity index (χ2v) is 14.3. The summed E-state index contributed by atoms with van der Waals surface area (Å²) >= 11 is 2.17. The van der Waals surface area contributed by atoms with Crippen LogP contribution in [0.5, 0.6) is 0 Å². The molecule has 1 aromatic rings. The average molecular weight is 579 g/mol. The Bertz CT molecular complexity index is 1170. The summed E-state index contributed by atoms with van der Waals surface area (Å²) in [5.41, 5.74) is 4.50. The molecule has 1 amide bonds. The molecule has 0 aromatic heterocycles. The third-order valence-electron chi connectivity index (χ3n) is 10.5. The van der Waals surface area contributed by atoms with E-state index in [4.69, 9.17) is 4.74 Å². The first-order valence-corrected chi connectivity index (χ1v) is 16.5. The molecule has 222 valence electrons. The van der Waals surface area contributed by atoms with Crippen molar-refractivity contribution < 1.29 is 9.53 Å². The molecule has 5 aliphatic rings. The van der Waals surface area contributed by atoms with Crippen LogP contribution in [-0.4, -0.2) is 95.8 Å². The van der Waals surface area contributed by atoms with Crippen molar-refractivity contribution in [3.8, 4) is 6.07 Å². The van der Waals surface area contributed by atoms with Gasteiger partial charge in [0.15, 0.2) is 6.35 Å². The lowest BCUT2D eigenvalue weighted by Crippen LogP contribution is -2.73. The van der Waals surface area contributed by atoms with E-state index in [0.29, 0.717) is 37.5 Å². The number of rotatable bonds is 6. The van der Waals surface area contributed by atoms with Crippen molar-refractivity contribution in [3.63, 3.8) is 0 Å². The van der Waals surface area contributed by atoms with Gasteiger partial charge < -0.3 is 14.5 Å². The number of amides is 1. The first-order chi connectivity index (χ1) is 19.9. The first-order valence-electron chi connectivity index (χ1n) is 15.5. The van der Waals surface area contributed by atoms with Crippen molar-refractivity contribution in [1.29, 1.82) is 5.26 Å². The molecule has 1 aromatic carbocycles. The minimum absolute atomic E-state index is 0.0764. The summed E-state index contributed by atoms with van der Waals surface area (Å²) in [6.45, 7) is 9.92. The summed E-state index contributed by atoms with van der Waals surface area (Å²) in [4.78, 5) is 19.3. The van der Waals surface area contributed by atoms with Crippen LogP contribution < -0.4 is 10.6 Å². The Morgan fingerprint density at radius 3 is 2.93 bits per heavy atom. The van der Waals surface area contributed by atoms with Crippen molar-refractivity contribution in [2.45, 2.75) is 93.0 Å². The van der Waals surface area contributed by atoms with Gasteiger partial charge in [-0.25, -0.2) is 0 Å². The van der Waals surface area contributed by atoms with Gasteiger partial charge in [0.2, 0.25) is 5.91 Å². The van der Waals surface area contributed by atoms with Crippen LogP contribution in [0.1, 0.15) is 55.2 Å². The molecule has 3 saturated heterocycles. The second-order valence-electron chi connectivity index (χ2n) is 12.9. The standard InChI is InChI=1S/C32H46N6O2S/c1-4-29(39)38-16-15-37(19-24(38)11-13-33)30-26-10-12-32(17-27-22(2)7-5-8-23(27)21-41-32)18-28(26)34-31(35-30)40-20-25-9-6-14-36(25)3/h4-5,7-8,24-26,28,30-31,34-35H,1,6,9-12,14-21H2,2-3H3/t24?,25?,26?,28?,30?,31?,32-/m1/s1. The summed E-state index contributed by atoms with van der Waals surface area (Å²) in [7, 11) is 2.20. The second kappa shape index (κ2) is 12.4. The number of carbonyl (C=O) groups excluding carboxylic acids is 1. The van der Waals surface area contributed by atoms with Gasteiger partial charge in [-0.3, -0.25) is 20.3 Å². The third kappa shape index (κ3) is 5.97. The van der Waals surface area contributed by atoms with Crippen molar-refractivity contribution in [2.24, 2.45) is 5.92 Å². The molecule has 4 heterocycles. The molecule has 4 aliphatic heterocycles. The Labute approximate surface area is 249 Å². The van der Waals surface area contributed by atoms with Gasteiger partial charge >= 0.3 is 0 Å². The monoisotopic (exact) mass is 578 g/mol. The number of carbonyl (C=O) groups is 1. The van der Waals surface area contributed by atoms with E-state index in [1.165, 1.54) is 36.5 Å². The zero-order chi connectivity index (χ0) is 28.6. The number of piperazine rings is 1. The minimum atomic E-state index is -0.213. The fourth-order valence-electron chi connectivity index (χ4n) is 8.10. The van der Waals surface area contributed by atoms with E-state index < -0.39 is 0 Å². The molecule has 0 bridgehead atoms. The van der Waals surface area contributed by atoms with Gasteiger partial charge in [0.05, 0.1) is 31.3 Å². The molecule has 1 saturated carbocycles. The topological polar surface area (TPSA) is 83.9 Å². The highest BCUT2D eigenvalue weighted by Crippen LogP contribution is 2.51. The van der Waals surface area contributed by atoms with Gasteiger partial charge in [-0.1, -0.05) is 24.8 Å². The highest BCUT2D eigenvalue weighted by atomic mass is 32.2. The van der Waals surface area contributed by atoms with E-state index in [1.54, 1.807) is 5.56 Å². The summed E-state index contributed by atoms with van der Waals surface area (Å²) in [5.74, 6) is 1.46. The predicted octanol–water partition coefficient (Wildman–Crippen LogP) is 3.22. The fraction of sp³-hybridized carbons (Fsp3) is 0.688. The lowest BCUT2D eigenvalue weighted by Gasteiger charge is -2.56. The lowest BCUT2D eigenvalue weighted by molar-refractivity contribution is -0.135. The molecule has 7 atom stereocenters. The number of hydrogen-bond donors (Lipinski definition) is 2. The van der Waals surface area contributed by atoms with Gasteiger partial charge in [-0.15, -0.1) is 11.8 Å². The van der Waals surface area contributed by atoms with E-state index in [9.17, 15) is 10.1 Å². The molecule has 1 aliphatic carbocycles. The Morgan fingerprint density at radius 2 is 2.15 bits per heavy atom. The zero-order valence-corrected chi connectivity index (χ0v) is 25.5. The third-order valence-corrected chi connectivity index (χ3v) is 12.1. The number of nitrogens with one attached hydrogen (secondary N) is 2. The molecule has 0 radical (unpaired) electrons. The Morgan fingerprint density at radius 1 is 1.27 bits per heavy atom. The van der Waals surface area contributed by atoms with E-state index >= 15 is 0 Å². The molecular weight excluding hydrogens is 532 g/mol. The Balaban J connectivity index is 1.21. The van der Waals surface area contributed by atoms with E-state index in [0.717, 1.165) is 44.7 Å². The van der Waals surface area contributed by atoms with Crippen LogP contribution in [0.2, 0.25) is 0 Å². The number of aryl methyl sites for hydroxylation is 1. The molecule has 8 nitrogen and oxygen atoms in total. The first kappa shape index (κ1) is 29.2. The molecular formula is C32H46N6O2S. The molecule has 41 heavy (non-hydrogen) atoms. The van der Waals surface area contributed by atoms with Gasteiger partial charge in [0.25, 0.3) is 0 Å². The summed E-state index contributed by atoms with van der Waals surface area (Å²) in [6.07, 6.45) is 8.71. The lowest BCUT2D eigenvalue weighted by atomic mass is 9.72. The fourth-order valence-corrected chi connectivity index (χ4v) is 9.64.